The van der Waals surface area contributed by atoms with E-state index < -0.39 is 0 Å². The van der Waals surface area contributed by atoms with Gasteiger partial charge in [0.15, 0.2) is 0 Å². The molecule has 0 radical (unpaired) electrons. The molecule has 7 atom stereocenters. The lowest BCUT2D eigenvalue weighted by molar-refractivity contribution is 0.506. The van der Waals surface area contributed by atoms with Crippen LogP contribution in [0.1, 0.15) is 77.7 Å². The van der Waals surface area contributed by atoms with E-state index in [2.05, 4.69) is 195 Å². The average Bonchev–Trinajstić information content (AvgIpc) is 4.05. The fourth-order valence-corrected chi connectivity index (χ4v) is 14.3. The summed E-state index contributed by atoms with van der Waals surface area (Å²) in [4.78, 5) is 2.73. The van der Waals surface area contributed by atoms with Gasteiger partial charge in [-0.2, -0.15) is 12.6 Å². The number of allylic oxidation sites excluding steroid dienone is 5. The number of thiophene rings is 1. The topological polar surface area (TPSA) is 16.4 Å². The lowest BCUT2D eigenvalue weighted by Gasteiger charge is -2.37. The molecule has 0 saturated heterocycles. The third-order valence-electron chi connectivity index (χ3n) is 16.0. The Hall–Kier alpha value is -6.33. The van der Waals surface area contributed by atoms with Crippen molar-refractivity contribution >= 4 is 91.4 Å². The molecule has 0 amide bonds. The second-order valence-corrected chi connectivity index (χ2v) is 21.8. The Bertz CT molecular complexity index is 3690. The molecule has 2 aromatic heterocycles. The summed E-state index contributed by atoms with van der Waals surface area (Å²) in [6.45, 7) is 4.58. The number of para-hydroxylation sites is 1. The van der Waals surface area contributed by atoms with E-state index >= 15 is 0 Å². The first-order chi connectivity index (χ1) is 32.9. The molecule has 7 unspecified atom stereocenters. The smallest absolute Gasteiger partial charge is 0.134 e. The zero-order chi connectivity index (χ0) is 44.5. The van der Waals surface area contributed by atoms with E-state index in [1.807, 2.05) is 11.3 Å². The molecule has 2 nitrogen and oxygen atoms in total. The number of hydrogen-bond acceptors (Lipinski definition) is 4. The van der Waals surface area contributed by atoms with Crippen LogP contribution >= 0.6 is 24.0 Å². The van der Waals surface area contributed by atoms with Gasteiger partial charge in [0.1, 0.15) is 11.3 Å². The van der Waals surface area contributed by atoms with Crippen LogP contribution < -0.4 is 14.7 Å². The molecule has 0 N–H and O–H groups in total. The summed E-state index contributed by atoms with van der Waals surface area (Å²) in [5.74, 6) is 2.53. The van der Waals surface area contributed by atoms with Crippen molar-refractivity contribution in [3.8, 4) is 22.3 Å². The number of thiol groups is 1. The molecule has 0 saturated carbocycles. The Morgan fingerprint density at radius 1 is 0.746 bits per heavy atom. The van der Waals surface area contributed by atoms with Crippen LogP contribution in [0.3, 0.4) is 0 Å². The zero-order valence-corrected chi connectivity index (χ0v) is 39.5. The summed E-state index contributed by atoms with van der Waals surface area (Å²) in [5, 5.41) is 6.97. The van der Waals surface area contributed by atoms with E-state index in [9.17, 15) is 0 Å². The summed E-state index contributed by atoms with van der Waals surface area (Å²) in [7, 11) is 0. The summed E-state index contributed by atoms with van der Waals surface area (Å²) in [5.41, 5.74) is 17.3. The molecule has 4 heteroatoms. The molecule has 6 aromatic carbocycles. The Morgan fingerprint density at radius 2 is 1.60 bits per heavy atom. The summed E-state index contributed by atoms with van der Waals surface area (Å²) < 4.78 is 9.69. The molecule has 0 bridgehead atoms. The number of furan rings is 1. The van der Waals surface area contributed by atoms with Crippen molar-refractivity contribution in [3.05, 3.63) is 201 Å². The highest BCUT2D eigenvalue weighted by atomic mass is 32.1. The first-order valence-electron chi connectivity index (χ1n) is 24.4. The Labute approximate surface area is 401 Å². The Kier molecular flexibility index (Phi) is 9.12. The standard InChI is InChI=1S/C63H51NOS2/c1-36-19-24-46-51-30-39(20-21-41(51)32-50(53(46)29-36)38-11-4-3-5-12-38)40-22-26-57-54(31-40)47-13-6-8-17-56(47)64(57)43-34-52(62-49-14-7-9-18-58(49)65-59(62)35-43)42-23-27-60-55(33-42)63-48-16-10-15-44(37(2)66)45(48)25-28-61(63)67-60/h3-14,16-22,24-28,30-34,36-37,42-44,47,56,66H,15,23,29,35H2,1-2H3. The first kappa shape index (κ1) is 39.8. The Morgan fingerprint density at radius 3 is 2.51 bits per heavy atom. The summed E-state index contributed by atoms with van der Waals surface area (Å²) in [6.07, 6.45) is 30.6. The van der Waals surface area contributed by atoms with Crippen LogP contribution in [-0.4, -0.2) is 17.3 Å². The summed E-state index contributed by atoms with van der Waals surface area (Å²) in [6, 6.07) is 41.6. The van der Waals surface area contributed by atoms with Gasteiger partial charge < -0.3 is 9.32 Å². The number of rotatable bonds is 5. The van der Waals surface area contributed by atoms with Crippen LogP contribution in [0.25, 0.3) is 84.0 Å². The number of hydrogen-bond donors (Lipinski definition) is 1. The molecule has 3 heterocycles. The van der Waals surface area contributed by atoms with Gasteiger partial charge in [-0.1, -0.05) is 153 Å². The maximum Gasteiger partial charge on any atom is 0.134 e. The maximum absolute atomic E-state index is 6.91. The third kappa shape index (κ3) is 6.22. The Balaban J connectivity index is 0.883. The lowest BCUT2D eigenvalue weighted by atomic mass is 9.79. The maximum atomic E-state index is 6.91. The van der Waals surface area contributed by atoms with Crippen molar-refractivity contribution in [2.24, 2.45) is 11.8 Å². The van der Waals surface area contributed by atoms with E-state index in [0.29, 0.717) is 17.1 Å². The average molecular weight is 902 g/mol. The van der Waals surface area contributed by atoms with Gasteiger partial charge in [0, 0.05) is 54.8 Å². The molecule has 1 aliphatic heterocycles. The third-order valence-corrected chi connectivity index (χ3v) is 17.5. The van der Waals surface area contributed by atoms with Crippen LogP contribution in [0.4, 0.5) is 5.69 Å². The lowest BCUT2D eigenvalue weighted by Crippen LogP contribution is -2.43. The van der Waals surface area contributed by atoms with E-state index in [-0.39, 0.29) is 23.9 Å². The summed E-state index contributed by atoms with van der Waals surface area (Å²) >= 11 is 6.90. The molecule has 0 spiro atoms. The molecule has 14 rings (SSSR count). The van der Waals surface area contributed by atoms with Crippen LogP contribution in [0.15, 0.2) is 156 Å². The van der Waals surface area contributed by atoms with Gasteiger partial charge in [-0.25, -0.2) is 0 Å². The molecule has 67 heavy (non-hydrogen) atoms. The van der Waals surface area contributed by atoms with Gasteiger partial charge in [-0.3, -0.25) is 0 Å². The second kappa shape index (κ2) is 15.4. The number of benzene rings is 6. The largest absolute Gasteiger partial charge is 0.460 e. The second-order valence-electron chi connectivity index (χ2n) is 19.9. The fourth-order valence-electron chi connectivity index (χ4n) is 12.8. The molecule has 5 aliphatic carbocycles. The van der Waals surface area contributed by atoms with E-state index in [4.69, 9.17) is 17.0 Å². The monoisotopic (exact) mass is 901 g/mol. The van der Waals surface area contributed by atoms with Crippen LogP contribution in [0, 0.1) is 11.8 Å². The minimum absolute atomic E-state index is 0.126. The minimum Gasteiger partial charge on any atom is -0.460 e. The van der Waals surface area contributed by atoms with Crippen LogP contribution in [-0.2, 0) is 12.8 Å². The van der Waals surface area contributed by atoms with Crippen LogP contribution in [0.5, 0.6) is 0 Å². The van der Waals surface area contributed by atoms with Crippen molar-refractivity contribution in [3.63, 3.8) is 0 Å². The predicted octanol–water partition coefficient (Wildman–Crippen LogP) is 14.8. The number of nitrogens with zero attached hydrogens (tertiary/aromatic N) is 1. The molecule has 326 valence electrons. The predicted molar refractivity (Wildman–Crippen MR) is 289 cm³/mol. The highest BCUT2D eigenvalue weighted by molar-refractivity contribution is 7.81. The highest BCUT2D eigenvalue weighted by Crippen LogP contribution is 2.51. The van der Waals surface area contributed by atoms with Crippen molar-refractivity contribution in [2.75, 3.05) is 4.90 Å². The normalized spacial score (nSPS) is 23.5. The molecule has 6 aliphatic rings. The van der Waals surface area contributed by atoms with Crippen molar-refractivity contribution in [2.45, 2.75) is 68.7 Å². The molecule has 0 fully saturated rings. The molecule has 8 aromatic rings. The quantitative estimate of drug-likeness (QED) is 0.173. The number of fused-ring (bicyclic) bond motifs is 14. The van der Waals surface area contributed by atoms with E-state index in [1.165, 1.54) is 103 Å². The van der Waals surface area contributed by atoms with E-state index in [1.54, 1.807) is 0 Å². The van der Waals surface area contributed by atoms with Gasteiger partial charge in [-0.15, -0.1) is 11.3 Å². The van der Waals surface area contributed by atoms with Gasteiger partial charge >= 0.3 is 0 Å². The van der Waals surface area contributed by atoms with Gasteiger partial charge in [0.25, 0.3) is 0 Å². The van der Waals surface area contributed by atoms with Gasteiger partial charge in [0.05, 0.1) is 12.1 Å². The van der Waals surface area contributed by atoms with Gasteiger partial charge in [0.2, 0.25) is 0 Å². The minimum atomic E-state index is 0.126. The van der Waals surface area contributed by atoms with Gasteiger partial charge in [-0.05, 0) is 139 Å². The van der Waals surface area contributed by atoms with Crippen molar-refractivity contribution < 1.29 is 4.42 Å². The SMILES string of the molecule is CC1C=Cc2c(c(-c3ccccc3)cc3ccc(-c4ccc5c(c4)C4C=CC=CC4N5C4C=C(C5C=c6c(sc7ccc8c(c67)C=CCC8C(C)S)=CC5)c5c(oc6ccccc56)C4)cc23)C1. The fraction of sp³-hybridized carbons (Fsp3) is 0.206. The first-order valence-corrected chi connectivity index (χ1v) is 25.7. The van der Waals surface area contributed by atoms with Crippen molar-refractivity contribution in [1.82, 2.24) is 0 Å². The zero-order valence-electron chi connectivity index (χ0n) is 37.8. The van der Waals surface area contributed by atoms with Crippen molar-refractivity contribution in [1.29, 1.82) is 0 Å². The van der Waals surface area contributed by atoms with E-state index in [0.717, 1.165) is 37.0 Å². The molecular weight excluding hydrogens is 851 g/mol. The van der Waals surface area contributed by atoms with Crippen LogP contribution in [0.2, 0.25) is 0 Å². The number of anilines is 1. The highest BCUT2D eigenvalue weighted by Gasteiger charge is 2.42. The molecular formula is C63H51NOS2.